The van der Waals surface area contributed by atoms with Crippen molar-refractivity contribution in [2.45, 2.75) is 6.92 Å². The van der Waals surface area contributed by atoms with Crippen molar-refractivity contribution in [3.8, 4) is 50.7 Å². The molecule has 0 atom stereocenters. The monoisotopic (exact) mass is 671 g/mol. The summed E-state index contributed by atoms with van der Waals surface area (Å²) in [7, 11) is 0. The Morgan fingerprint density at radius 3 is 1.76 bits per heavy atom. The van der Waals surface area contributed by atoms with Crippen LogP contribution in [-0.2, 0) is 0 Å². The highest BCUT2D eigenvalue weighted by atomic mass is 32.1. The van der Waals surface area contributed by atoms with Gasteiger partial charge < -0.3 is 4.57 Å². The molecular formula is C47H33N3S. The number of aryl methyl sites for hydroxylation is 1. The summed E-state index contributed by atoms with van der Waals surface area (Å²) in [6.45, 7) is 6.08. The van der Waals surface area contributed by atoms with Crippen LogP contribution >= 0.6 is 11.3 Å². The number of nitrogens with zero attached hydrogens (tertiary/aromatic N) is 3. The van der Waals surface area contributed by atoms with Gasteiger partial charge in [-0.05, 0) is 84.3 Å². The minimum absolute atomic E-state index is 0.721. The minimum atomic E-state index is 0.721. The molecule has 0 N–H and O–H groups in total. The van der Waals surface area contributed by atoms with Crippen molar-refractivity contribution in [3.63, 3.8) is 0 Å². The second-order valence-electron chi connectivity index (χ2n) is 12.7. The quantitative estimate of drug-likeness (QED) is 0.158. The molecule has 51 heavy (non-hydrogen) atoms. The molecule has 3 heterocycles. The van der Waals surface area contributed by atoms with E-state index in [-0.39, 0.29) is 0 Å². The largest absolute Gasteiger partial charge is 0.310 e. The Balaban J connectivity index is 1.12. The SMILES string of the molecule is C=C/C=C\c1c(C)c2ccccc2n1-c1ccc(-c2ccc3sc4ccc(-c5nc(-c6ccccc6)cc(-c6ccccc6)n5)cc4c3c2)cc1. The molecule has 0 radical (unpaired) electrons. The molecule has 3 nitrogen and oxygen atoms in total. The fourth-order valence-electron chi connectivity index (χ4n) is 7.05. The molecule has 4 heteroatoms. The number of thiophene rings is 1. The second-order valence-corrected chi connectivity index (χ2v) is 13.8. The maximum absolute atomic E-state index is 5.09. The number of hydrogen-bond acceptors (Lipinski definition) is 3. The highest BCUT2D eigenvalue weighted by Gasteiger charge is 2.15. The van der Waals surface area contributed by atoms with Crippen LogP contribution in [0.2, 0.25) is 0 Å². The number of aromatic nitrogens is 3. The van der Waals surface area contributed by atoms with Crippen LogP contribution in [0, 0.1) is 6.92 Å². The molecule has 0 saturated heterocycles. The lowest BCUT2D eigenvalue weighted by Crippen LogP contribution is -1.97. The third-order valence-electron chi connectivity index (χ3n) is 9.62. The van der Waals surface area contributed by atoms with Crippen molar-refractivity contribution in [3.05, 3.63) is 182 Å². The Morgan fingerprint density at radius 1 is 0.549 bits per heavy atom. The van der Waals surface area contributed by atoms with Crippen LogP contribution in [0.25, 0.3) is 87.9 Å². The molecule has 6 aromatic carbocycles. The molecule has 0 aliphatic carbocycles. The highest BCUT2D eigenvalue weighted by molar-refractivity contribution is 7.25. The summed E-state index contributed by atoms with van der Waals surface area (Å²) in [6.07, 6.45) is 5.98. The summed E-state index contributed by atoms with van der Waals surface area (Å²) < 4.78 is 4.85. The van der Waals surface area contributed by atoms with Crippen molar-refractivity contribution in [2.24, 2.45) is 0 Å². The van der Waals surface area contributed by atoms with Crippen LogP contribution in [0.1, 0.15) is 11.3 Å². The Labute approximate surface area is 301 Å². The molecule has 0 aliphatic heterocycles. The van der Waals surface area contributed by atoms with Crippen LogP contribution < -0.4 is 0 Å². The number of allylic oxidation sites excluding steroid dienone is 2. The van der Waals surface area contributed by atoms with Crippen LogP contribution in [-0.4, -0.2) is 14.5 Å². The van der Waals surface area contributed by atoms with E-state index in [1.807, 2.05) is 35.6 Å². The van der Waals surface area contributed by atoms with Gasteiger partial charge in [0.25, 0.3) is 0 Å². The van der Waals surface area contributed by atoms with Crippen LogP contribution in [0.5, 0.6) is 0 Å². The van der Waals surface area contributed by atoms with Gasteiger partial charge in [0.05, 0.1) is 16.9 Å². The van der Waals surface area contributed by atoms with Gasteiger partial charge in [0.1, 0.15) is 0 Å². The molecule has 0 spiro atoms. The van der Waals surface area contributed by atoms with Crippen molar-refractivity contribution in [2.75, 3.05) is 0 Å². The standard InChI is InChI=1S/C47H33N3S/c1-3-4-18-43-31(2)38-17-11-12-19-44(38)50(43)37-24-20-32(21-25-37)35-22-26-45-39(28-35)40-29-36(23-27-46(40)51-45)47-48-41(33-13-7-5-8-14-33)30-42(49-47)34-15-9-6-10-16-34/h3-30H,1H2,2H3/b18-4-. The molecule has 0 saturated carbocycles. The molecule has 3 aromatic heterocycles. The summed E-state index contributed by atoms with van der Waals surface area (Å²) >= 11 is 1.82. The first-order chi connectivity index (χ1) is 25.1. The summed E-state index contributed by atoms with van der Waals surface area (Å²) in [5, 5.41) is 3.71. The van der Waals surface area contributed by atoms with Gasteiger partial charge in [-0.1, -0.05) is 116 Å². The predicted molar refractivity (Wildman–Crippen MR) is 217 cm³/mol. The van der Waals surface area contributed by atoms with Gasteiger partial charge in [0, 0.05) is 53.6 Å². The summed E-state index contributed by atoms with van der Waals surface area (Å²) in [5.74, 6) is 0.721. The third-order valence-corrected chi connectivity index (χ3v) is 10.8. The van der Waals surface area contributed by atoms with E-state index < -0.39 is 0 Å². The van der Waals surface area contributed by atoms with Gasteiger partial charge in [0.2, 0.25) is 0 Å². The van der Waals surface area contributed by atoms with Crippen molar-refractivity contribution in [1.29, 1.82) is 0 Å². The van der Waals surface area contributed by atoms with E-state index in [0.29, 0.717) is 0 Å². The van der Waals surface area contributed by atoms with Gasteiger partial charge in [0.15, 0.2) is 5.82 Å². The average molecular weight is 672 g/mol. The minimum Gasteiger partial charge on any atom is -0.310 e. The summed E-state index contributed by atoms with van der Waals surface area (Å²) in [4.78, 5) is 10.2. The number of hydrogen-bond donors (Lipinski definition) is 0. The van der Waals surface area contributed by atoms with Gasteiger partial charge in [-0.15, -0.1) is 11.3 Å². The van der Waals surface area contributed by atoms with Crippen LogP contribution in [0.15, 0.2) is 170 Å². The Hall–Kier alpha value is -6.36. The second kappa shape index (κ2) is 12.8. The zero-order chi connectivity index (χ0) is 34.3. The third kappa shape index (κ3) is 5.56. The highest BCUT2D eigenvalue weighted by Crippen LogP contribution is 2.39. The fraction of sp³-hybridized carbons (Fsp3) is 0.0213. The van der Waals surface area contributed by atoms with Gasteiger partial charge >= 0.3 is 0 Å². The Morgan fingerprint density at radius 2 is 1.12 bits per heavy atom. The lowest BCUT2D eigenvalue weighted by molar-refractivity contribution is 1.10. The number of rotatable bonds is 7. The molecular weight excluding hydrogens is 639 g/mol. The first-order valence-corrected chi connectivity index (χ1v) is 17.9. The lowest BCUT2D eigenvalue weighted by atomic mass is 10.0. The van der Waals surface area contributed by atoms with Crippen molar-refractivity contribution >= 4 is 48.5 Å². The van der Waals surface area contributed by atoms with E-state index >= 15 is 0 Å². The van der Waals surface area contributed by atoms with Gasteiger partial charge in [-0.25, -0.2) is 9.97 Å². The zero-order valence-corrected chi connectivity index (χ0v) is 28.9. The Kier molecular flexibility index (Phi) is 7.72. The van der Waals surface area contributed by atoms with E-state index in [2.05, 4.69) is 164 Å². The molecule has 242 valence electrons. The van der Waals surface area contributed by atoms with E-state index in [1.54, 1.807) is 0 Å². The summed E-state index contributed by atoms with van der Waals surface area (Å²) in [6, 6.07) is 53.7. The number of para-hydroxylation sites is 1. The fourth-order valence-corrected chi connectivity index (χ4v) is 8.11. The van der Waals surface area contributed by atoms with Crippen molar-refractivity contribution in [1.82, 2.24) is 14.5 Å². The average Bonchev–Trinajstić information content (AvgIpc) is 3.71. The molecule has 0 unspecified atom stereocenters. The normalized spacial score (nSPS) is 11.6. The Bertz CT molecular complexity index is 2690. The predicted octanol–water partition coefficient (Wildman–Crippen LogP) is 13.0. The van der Waals surface area contributed by atoms with E-state index in [0.717, 1.165) is 39.6 Å². The molecule has 0 bridgehead atoms. The first-order valence-electron chi connectivity index (χ1n) is 17.1. The van der Waals surface area contributed by atoms with E-state index in [1.165, 1.54) is 53.5 Å². The molecule has 9 rings (SSSR count). The van der Waals surface area contributed by atoms with Crippen molar-refractivity contribution < 1.29 is 0 Å². The molecule has 0 fully saturated rings. The smallest absolute Gasteiger partial charge is 0.160 e. The number of fused-ring (bicyclic) bond motifs is 4. The van der Waals surface area contributed by atoms with E-state index in [9.17, 15) is 0 Å². The number of benzene rings is 6. The van der Waals surface area contributed by atoms with Crippen LogP contribution in [0.4, 0.5) is 0 Å². The molecule has 0 amide bonds. The molecule has 9 aromatic rings. The topological polar surface area (TPSA) is 30.7 Å². The lowest BCUT2D eigenvalue weighted by Gasteiger charge is -2.11. The maximum atomic E-state index is 5.09. The van der Waals surface area contributed by atoms with Crippen LogP contribution in [0.3, 0.4) is 0 Å². The van der Waals surface area contributed by atoms with Gasteiger partial charge in [-0.3, -0.25) is 0 Å². The zero-order valence-electron chi connectivity index (χ0n) is 28.1. The summed E-state index contributed by atoms with van der Waals surface area (Å²) in [5.41, 5.74) is 12.1. The van der Waals surface area contributed by atoms with E-state index in [4.69, 9.17) is 9.97 Å². The first kappa shape index (κ1) is 30.7. The maximum Gasteiger partial charge on any atom is 0.160 e. The van der Waals surface area contributed by atoms with Gasteiger partial charge in [-0.2, -0.15) is 0 Å². The molecule has 0 aliphatic rings.